The van der Waals surface area contributed by atoms with Crippen LogP contribution in [-0.4, -0.2) is 46.2 Å². The first-order chi connectivity index (χ1) is 14.8. The molecule has 0 spiro atoms. The summed E-state index contributed by atoms with van der Waals surface area (Å²) in [6.45, 7) is 1.21. The van der Waals surface area contributed by atoms with Crippen molar-refractivity contribution < 1.29 is 28.5 Å². The van der Waals surface area contributed by atoms with Crippen LogP contribution in [0.2, 0.25) is 10.0 Å². The number of anilines is 1. The minimum absolute atomic E-state index is 0.107. The number of nitrogens with zero attached hydrogens (tertiary/aromatic N) is 2. The quantitative estimate of drug-likeness (QED) is 0.420. The maximum absolute atomic E-state index is 12.8. The molecule has 0 aromatic heterocycles. The van der Waals surface area contributed by atoms with Crippen molar-refractivity contribution >= 4 is 46.3 Å². The van der Waals surface area contributed by atoms with Crippen LogP contribution in [0.1, 0.15) is 6.92 Å². The number of amides is 1. The van der Waals surface area contributed by atoms with Crippen LogP contribution in [0, 0.1) is 0 Å². The summed E-state index contributed by atoms with van der Waals surface area (Å²) >= 11 is 12.3. The first-order valence-electron chi connectivity index (χ1n) is 8.81. The van der Waals surface area contributed by atoms with E-state index in [9.17, 15) is 9.59 Å². The minimum Gasteiger partial charge on any atom is -0.495 e. The lowest BCUT2D eigenvalue weighted by Crippen LogP contribution is -2.32. The van der Waals surface area contributed by atoms with Gasteiger partial charge < -0.3 is 24.3 Å². The highest BCUT2D eigenvalue weighted by Crippen LogP contribution is 2.41. The van der Waals surface area contributed by atoms with Gasteiger partial charge in [0.25, 0.3) is 5.91 Å². The Morgan fingerprint density at radius 3 is 1.90 bits per heavy atom. The van der Waals surface area contributed by atoms with Gasteiger partial charge in [-0.25, -0.2) is 0 Å². The molecule has 0 radical (unpaired) electrons. The van der Waals surface area contributed by atoms with E-state index >= 15 is 0 Å². The number of hydrogen-bond donors (Lipinski definition) is 1. The SMILES string of the molecule is COc1ccc(OC)c(NC(=O)C(N=Nc2c(OC)cc(Cl)cc2OC)C(C)=O)c1Cl. The fraction of sp³-hybridized carbons (Fsp3) is 0.300. The average molecular weight is 470 g/mol. The number of Topliss-reactive ketones (excluding diaryl/α,β-unsaturated/α-hetero) is 1. The third-order valence-electron chi connectivity index (χ3n) is 4.11. The summed E-state index contributed by atoms with van der Waals surface area (Å²) in [5.74, 6) is -0.210. The molecule has 0 fully saturated rings. The van der Waals surface area contributed by atoms with Gasteiger partial charge in [-0.15, -0.1) is 5.11 Å². The summed E-state index contributed by atoms with van der Waals surface area (Å²) in [5, 5.41) is 10.9. The summed E-state index contributed by atoms with van der Waals surface area (Å²) in [6, 6.07) is 4.67. The first kappa shape index (κ1) is 24.2. The van der Waals surface area contributed by atoms with E-state index in [0.717, 1.165) is 0 Å². The minimum atomic E-state index is -1.47. The third kappa shape index (κ3) is 5.56. The highest BCUT2D eigenvalue weighted by Gasteiger charge is 2.26. The Morgan fingerprint density at radius 1 is 0.903 bits per heavy atom. The van der Waals surface area contributed by atoms with Crippen LogP contribution >= 0.6 is 23.2 Å². The second-order valence-electron chi connectivity index (χ2n) is 6.04. The van der Waals surface area contributed by atoms with E-state index in [1.54, 1.807) is 12.1 Å². The van der Waals surface area contributed by atoms with Crippen molar-refractivity contribution in [3.05, 3.63) is 34.3 Å². The van der Waals surface area contributed by atoms with Crippen molar-refractivity contribution in [2.45, 2.75) is 13.0 Å². The maximum Gasteiger partial charge on any atom is 0.258 e. The zero-order valence-corrected chi connectivity index (χ0v) is 19.0. The molecule has 2 rings (SSSR count). The Kier molecular flexibility index (Phi) is 8.47. The summed E-state index contributed by atoms with van der Waals surface area (Å²) in [4.78, 5) is 25.0. The van der Waals surface area contributed by atoms with E-state index in [1.165, 1.54) is 47.5 Å². The molecule has 0 bridgehead atoms. The number of nitrogens with one attached hydrogen (secondary N) is 1. The molecule has 9 nitrogen and oxygen atoms in total. The molecule has 2 aromatic carbocycles. The van der Waals surface area contributed by atoms with E-state index in [1.807, 2.05) is 0 Å². The Labute approximate surface area is 189 Å². The van der Waals surface area contributed by atoms with Crippen LogP contribution in [0.3, 0.4) is 0 Å². The van der Waals surface area contributed by atoms with Crippen LogP contribution in [0.5, 0.6) is 23.0 Å². The van der Waals surface area contributed by atoms with E-state index in [0.29, 0.717) is 10.8 Å². The van der Waals surface area contributed by atoms with E-state index in [-0.39, 0.29) is 33.6 Å². The number of carbonyl (C=O) groups excluding carboxylic acids is 2. The lowest BCUT2D eigenvalue weighted by Gasteiger charge is -2.16. The predicted octanol–water partition coefficient (Wildman–Crippen LogP) is 4.71. The lowest BCUT2D eigenvalue weighted by molar-refractivity contribution is -0.126. The largest absolute Gasteiger partial charge is 0.495 e. The molecule has 1 N–H and O–H groups in total. The number of azo groups is 1. The number of ether oxygens (including phenoxy) is 4. The molecule has 1 unspecified atom stereocenters. The van der Waals surface area contributed by atoms with Crippen LogP contribution in [0.15, 0.2) is 34.5 Å². The van der Waals surface area contributed by atoms with Crippen molar-refractivity contribution in [2.75, 3.05) is 33.8 Å². The van der Waals surface area contributed by atoms with Crippen molar-refractivity contribution in [1.82, 2.24) is 0 Å². The molecule has 0 aliphatic rings. The van der Waals surface area contributed by atoms with Crippen LogP contribution < -0.4 is 24.3 Å². The highest BCUT2D eigenvalue weighted by molar-refractivity contribution is 6.36. The van der Waals surface area contributed by atoms with Crippen molar-refractivity contribution in [2.24, 2.45) is 10.2 Å². The number of methoxy groups -OCH3 is 4. The van der Waals surface area contributed by atoms with Gasteiger partial charge in [0.1, 0.15) is 22.2 Å². The average Bonchev–Trinajstić information content (AvgIpc) is 2.75. The first-order valence-corrected chi connectivity index (χ1v) is 9.57. The molecule has 0 saturated heterocycles. The molecule has 166 valence electrons. The van der Waals surface area contributed by atoms with Gasteiger partial charge >= 0.3 is 0 Å². The Hall–Kier alpha value is -3.04. The van der Waals surface area contributed by atoms with Crippen LogP contribution in [-0.2, 0) is 9.59 Å². The second-order valence-corrected chi connectivity index (χ2v) is 6.85. The summed E-state index contributed by atoms with van der Waals surface area (Å²) < 4.78 is 20.9. The molecule has 11 heteroatoms. The van der Waals surface area contributed by atoms with Gasteiger partial charge in [-0.2, -0.15) is 5.11 Å². The monoisotopic (exact) mass is 469 g/mol. The molecular weight excluding hydrogens is 449 g/mol. The molecule has 2 aromatic rings. The topological polar surface area (TPSA) is 108 Å². The molecule has 0 saturated carbocycles. The molecule has 1 atom stereocenters. The summed E-state index contributed by atoms with van der Waals surface area (Å²) in [7, 11) is 5.67. The molecule has 0 aliphatic heterocycles. The zero-order valence-electron chi connectivity index (χ0n) is 17.5. The van der Waals surface area contributed by atoms with Gasteiger partial charge in [0.2, 0.25) is 6.04 Å². The van der Waals surface area contributed by atoms with E-state index < -0.39 is 17.7 Å². The van der Waals surface area contributed by atoms with Gasteiger partial charge in [0.05, 0.1) is 28.4 Å². The fourth-order valence-electron chi connectivity index (χ4n) is 2.57. The molecule has 0 heterocycles. The maximum atomic E-state index is 12.8. The lowest BCUT2D eigenvalue weighted by atomic mass is 10.2. The van der Waals surface area contributed by atoms with Gasteiger partial charge in [-0.05, 0) is 19.1 Å². The number of benzene rings is 2. The number of ketones is 1. The normalized spacial score (nSPS) is 11.7. The van der Waals surface area contributed by atoms with E-state index in [4.69, 9.17) is 42.1 Å². The Balaban J connectivity index is 2.41. The second kappa shape index (κ2) is 10.8. The van der Waals surface area contributed by atoms with Crippen molar-refractivity contribution in [1.29, 1.82) is 0 Å². The molecule has 1 amide bonds. The Morgan fingerprint density at radius 2 is 1.42 bits per heavy atom. The number of carbonyl (C=O) groups is 2. The summed E-state index contributed by atoms with van der Waals surface area (Å²) in [5.41, 5.74) is 0.307. The van der Waals surface area contributed by atoms with Crippen LogP contribution in [0.25, 0.3) is 0 Å². The molecular formula is C20H21Cl2N3O6. The predicted molar refractivity (Wildman–Crippen MR) is 117 cm³/mol. The molecule has 0 aliphatic carbocycles. The standard InChI is InChI=1S/C20H21Cl2N3O6/c1-10(26)17(24-25-18-14(30-4)8-11(21)9-15(18)31-5)20(27)23-19-13(29-3)7-6-12(28-2)16(19)22/h6-9,17H,1-5H3,(H,23,27). The van der Waals surface area contributed by atoms with Crippen molar-refractivity contribution in [3.8, 4) is 23.0 Å². The van der Waals surface area contributed by atoms with Crippen LogP contribution in [0.4, 0.5) is 11.4 Å². The van der Waals surface area contributed by atoms with Crippen molar-refractivity contribution in [3.63, 3.8) is 0 Å². The Bertz CT molecular complexity index is 988. The van der Waals surface area contributed by atoms with Gasteiger partial charge in [0.15, 0.2) is 23.0 Å². The molecule has 31 heavy (non-hydrogen) atoms. The van der Waals surface area contributed by atoms with Gasteiger partial charge in [-0.3, -0.25) is 9.59 Å². The summed E-state index contributed by atoms with van der Waals surface area (Å²) in [6.07, 6.45) is 0. The number of rotatable bonds is 9. The zero-order chi connectivity index (χ0) is 23.1. The smallest absolute Gasteiger partial charge is 0.258 e. The third-order valence-corrected chi connectivity index (χ3v) is 4.70. The highest BCUT2D eigenvalue weighted by atomic mass is 35.5. The number of hydrogen-bond acceptors (Lipinski definition) is 8. The fourth-order valence-corrected chi connectivity index (χ4v) is 3.05. The van der Waals surface area contributed by atoms with E-state index in [2.05, 4.69) is 15.5 Å². The number of halogens is 2. The van der Waals surface area contributed by atoms with Gasteiger partial charge in [0, 0.05) is 17.2 Å². The van der Waals surface area contributed by atoms with Gasteiger partial charge in [-0.1, -0.05) is 23.2 Å².